The summed E-state index contributed by atoms with van der Waals surface area (Å²) in [5.41, 5.74) is -0.956. The van der Waals surface area contributed by atoms with Gasteiger partial charge in [-0.05, 0) is 44.4 Å². The van der Waals surface area contributed by atoms with Crippen LogP contribution in [-0.2, 0) is 0 Å². The molecule has 2 fully saturated rings. The van der Waals surface area contributed by atoms with Gasteiger partial charge in [-0.25, -0.2) is 0 Å². The van der Waals surface area contributed by atoms with Crippen molar-refractivity contribution >= 4 is 0 Å². The second-order valence-corrected chi connectivity index (χ2v) is 5.24. The highest BCUT2D eigenvalue weighted by atomic mass is 16.3. The van der Waals surface area contributed by atoms with Gasteiger partial charge in [-0.15, -0.1) is 0 Å². The molecule has 0 aromatic rings. The van der Waals surface area contributed by atoms with Crippen molar-refractivity contribution in [3.63, 3.8) is 0 Å². The van der Waals surface area contributed by atoms with Gasteiger partial charge in [-0.1, -0.05) is 0 Å². The van der Waals surface area contributed by atoms with E-state index in [0.717, 1.165) is 11.8 Å². The predicted octanol–water partition coefficient (Wildman–Crippen LogP) is 0.508. The Morgan fingerprint density at radius 2 is 1.79 bits per heavy atom. The van der Waals surface area contributed by atoms with Gasteiger partial charge < -0.3 is 15.5 Å². The molecule has 0 aliphatic heterocycles. The highest BCUT2D eigenvalue weighted by Crippen LogP contribution is 2.44. The molecule has 3 heteroatoms. The first-order chi connectivity index (χ1) is 6.62. The first-order valence-corrected chi connectivity index (χ1v) is 5.69. The van der Waals surface area contributed by atoms with Crippen molar-refractivity contribution in [2.75, 3.05) is 13.2 Å². The maximum Gasteiger partial charge on any atom is 0.0972 e. The summed E-state index contributed by atoms with van der Waals surface area (Å²) in [5.74, 6) is 1.69. The third-order valence-corrected chi connectivity index (χ3v) is 3.32. The smallest absolute Gasteiger partial charge is 0.0972 e. The van der Waals surface area contributed by atoms with E-state index >= 15 is 0 Å². The lowest BCUT2D eigenvalue weighted by atomic mass is 10.0. The molecule has 14 heavy (non-hydrogen) atoms. The minimum Gasteiger partial charge on any atom is -0.393 e. The molecule has 0 saturated heterocycles. The summed E-state index contributed by atoms with van der Waals surface area (Å²) in [6.45, 7) is 2.03. The summed E-state index contributed by atoms with van der Waals surface area (Å²) in [6, 6.07) is 0.605. The fourth-order valence-corrected chi connectivity index (χ4v) is 2.02. The lowest BCUT2D eigenvalue weighted by Gasteiger charge is -2.25. The van der Waals surface area contributed by atoms with Crippen molar-refractivity contribution in [2.24, 2.45) is 11.8 Å². The van der Waals surface area contributed by atoms with Gasteiger partial charge in [0, 0.05) is 12.6 Å². The van der Waals surface area contributed by atoms with Crippen LogP contribution in [0, 0.1) is 11.8 Å². The van der Waals surface area contributed by atoms with Crippen molar-refractivity contribution in [1.82, 2.24) is 5.32 Å². The molecule has 2 rings (SSSR count). The monoisotopic (exact) mass is 199 g/mol. The minimum absolute atomic E-state index is 0.165. The molecule has 82 valence electrons. The van der Waals surface area contributed by atoms with E-state index in [2.05, 4.69) is 5.32 Å². The zero-order valence-corrected chi connectivity index (χ0v) is 8.87. The summed E-state index contributed by atoms with van der Waals surface area (Å²) in [7, 11) is 0. The number of hydrogen-bond donors (Lipinski definition) is 3. The van der Waals surface area contributed by atoms with E-state index in [1.807, 2.05) is 0 Å². The average molecular weight is 199 g/mol. The maximum atomic E-state index is 9.66. The van der Waals surface area contributed by atoms with E-state index in [1.54, 1.807) is 6.92 Å². The SMILES string of the molecule is CC(O)(CO)CNC(C1CC1)C1CC1. The van der Waals surface area contributed by atoms with Gasteiger partial charge >= 0.3 is 0 Å². The van der Waals surface area contributed by atoms with Crippen LogP contribution in [0.1, 0.15) is 32.6 Å². The quantitative estimate of drug-likeness (QED) is 0.584. The molecule has 1 atom stereocenters. The Morgan fingerprint density at radius 1 is 1.29 bits per heavy atom. The van der Waals surface area contributed by atoms with E-state index < -0.39 is 5.60 Å². The normalized spacial score (nSPS) is 26.6. The molecule has 0 spiro atoms. The molecule has 2 saturated carbocycles. The summed E-state index contributed by atoms with van der Waals surface area (Å²) in [5, 5.41) is 22.0. The Hall–Kier alpha value is -0.120. The Morgan fingerprint density at radius 3 is 2.14 bits per heavy atom. The number of aliphatic hydroxyl groups excluding tert-OH is 1. The van der Waals surface area contributed by atoms with E-state index in [1.165, 1.54) is 25.7 Å². The lowest BCUT2D eigenvalue weighted by Crippen LogP contribution is -2.46. The first-order valence-electron chi connectivity index (χ1n) is 5.69. The number of nitrogens with one attached hydrogen (secondary N) is 1. The third kappa shape index (κ3) is 2.69. The second-order valence-electron chi connectivity index (χ2n) is 5.24. The molecule has 3 nitrogen and oxygen atoms in total. The molecule has 2 aliphatic carbocycles. The molecule has 0 aromatic heterocycles. The zero-order valence-electron chi connectivity index (χ0n) is 8.87. The Labute approximate surface area is 85.5 Å². The molecule has 0 aromatic carbocycles. The number of rotatable bonds is 6. The Kier molecular flexibility index (Phi) is 2.82. The number of aliphatic hydroxyl groups is 2. The molecular weight excluding hydrogens is 178 g/mol. The highest BCUT2D eigenvalue weighted by Gasteiger charge is 2.41. The molecule has 0 bridgehead atoms. The van der Waals surface area contributed by atoms with Crippen molar-refractivity contribution in [2.45, 2.75) is 44.2 Å². The summed E-state index contributed by atoms with van der Waals surface area (Å²) in [6.07, 6.45) is 5.37. The van der Waals surface area contributed by atoms with Gasteiger partial charge in [0.05, 0.1) is 12.2 Å². The van der Waals surface area contributed by atoms with Crippen molar-refractivity contribution < 1.29 is 10.2 Å². The molecule has 0 amide bonds. The van der Waals surface area contributed by atoms with Crippen LogP contribution in [0.2, 0.25) is 0 Å². The van der Waals surface area contributed by atoms with E-state index in [9.17, 15) is 5.11 Å². The predicted molar refractivity (Wildman–Crippen MR) is 54.9 cm³/mol. The van der Waals surface area contributed by atoms with Gasteiger partial charge in [0.2, 0.25) is 0 Å². The lowest BCUT2D eigenvalue weighted by molar-refractivity contribution is -0.000316. The van der Waals surface area contributed by atoms with Crippen LogP contribution >= 0.6 is 0 Å². The van der Waals surface area contributed by atoms with Gasteiger partial charge in [-0.2, -0.15) is 0 Å². The van der Waals surface area contributed by atoms with Crippen LogP contribution in [0.4, 0.5) is 0 Å². The zero-order chi connectivity index (χ0) is 10.2. The fraction of sp³-hybridized carbons (Fsp3) is 1.00. The van der Waals surface area contributed by atoms with E-state index in [0.29, 0.717) is 12.6 Å². The van der Waals surface area contributed by atoms with Crippen LogP contribution in [0.15, 0.2) is 0 Å². The van der Waals surface area contributed by atoms with Gasteiger partial charge in [0.25, 0.3) is 0 Å². The molecule has 0 radical (unpaired) electrons. The average Bonchev–Trinajstić information content (AvgIpc) is 2.99. The largest absolute Gasteiger partial charge is 0.393 e. The van der Waals surface area contributed by atoms with Gasteiger partial charge in [0.1, 0.15) is 0 Å². The second kappa shape index (κ2) is 3.80. The summed E-state index contributed by atoms with van der Waals surface area (Å²) < 4.78 is 0. The van der Waals surface area contributed by atoms with Crippen LogP contribution in [-0.4, -0.2) is 35.0 Å². The first kappa shape index (κ1) is 10.4. The highest BCUT2D eigenvalue weighted by molar-refractivity contribution is 4.97. The molecule has 1 unspecified atom stereocenters. The summed E-state index contributed by atoms with van der Waals surface area (Å²) in [4.78, 5) is 0. The Bertz CT molecular complexity index is 185. The molecule has 3 N–H and O–H groups in total. The Balaban J connectivity index is 1.76. The fourth-order valence-electron chi connectivity index (χ4n) is 2.02. The van der Waals surface area contributed by atoms with Crippen molar-refractivity contribution in [3.8, 4) is 0 Å². The van der Waals surface area contributed by atoms with E-state index in [4.69, 9.17) is 5.11 Å². The van der Waals surface area contributed by atoms with Crippen LogP contribution in [0.5, 0.6) is 0 Å². The topological polar surface area (TPSA) is 52.5 Å². The maximum absolute atomic E-state index is 9.66. The third-order valence-electron chi connectivity index (χ3n) is 3.32. The van der Waals surface area contributed by atoms with Crippen LogP contribution in [0.3, 0.4) is 0 Å². The number of hydrogen-bond acceptors (Lipinski definition) is 3. The molecular formula is C11H21NO2. The molecule has 0 heterocycles. The summed E-state index contributed by atoms with van der Waals surface area (Å²) >= 11 is 0. The van der Waals surface area contributed by atoms with Crippen molar-refractivity contribution in [3.05, 3.63) is 0 Å². The van der Waals surface area contributed by atoms with Crippen LogP contribution in [0.25, 0.3) is 0 Å². The van der Waals surface area contributed by atoms with Gasteiger partial charge in [-0.3, -0.25) is 0 Å². The van der Waals surface area contributed by atoms with E-state index in [-0.39, 0.29) is 6.61 Å². The molecule has 2 aliphatic rings. The van der Waals surface area contributed by atoms with Crippen LogP contribution < -0.4 is 5.32 Å². The van der Waals surface area contributed by atoms with Crippen molar-refractivity contribution in [1.29, 1.82) is 0 Å². The minimum atomic E-state index is -0.956. The van der Waals surface area contributed by atoms with Gasteiger partial charge in [0.15, 0.2) is 0 Å². The standard InChI is InChI=1S/C11H21NO2/c1-11(14,7-13)6-12-10(8-2-3-8)9-4-5-9/h8-10,12-14H,2-7H2,1H3.